The summed E-state index contributed by atoms with van der Waals surface area (Å²) in [4.78, 5) is 0. The number of hydrogen-bond acceptors (Lipinski definition) is 0. The molecule has 0 aromatic rings. The average molecular weight is 714 g/mol. The second-order valence-corrected chi connectivity index (χ2v) is 11.2. The van der Waals surface area contributed by atoms with Gasteiger partial charge >= 0.3 is 64.1 Å². The Labute approximate surface area is 268 Å². The van der Waals surface area contributed by atoms with Gasteiger partial charge in [-0.3, -0.25) is 12.2 Å². The van der Waals surface area contributed by atoms with E-state index in [0.717, 1.165) is 12.8 Å². The maximum atomic E-state index is 4.93. The number of rotatable bonds is 1. The Hall–Kier alpha value is 0.846. The summed E-state index contributed by atoms with van der Waals surface area (Å²) in [7, 11) is 9.87. The van der Waals surface area contributed by atoms with Crippen molar-refractivity contribution in [1.82, 2.24) is 0 Å². The molecule has 0 aliphatic heterocycles. The van der Waals surface area contributed by atoms with Gasteiger partial charge in [-0.15, -0.1) is 12.8 Å². The van der Waals surface area contributed by atoms with Gasteiger partial charge < -0.3 is 47.1 Å². The minimum Gasteiger partial charge on any atom is 2.00 e. The van der Waals surface area contributed by atoms with Gasteiger partial charge in [-0.25, -0.2) is 24.3 Å². The molecule has 0 saturated carbocycles. The Bertz CT molecular complexity index is 736. The summed E-state index contributed by atoms with van der Waals surface area (Å²) in [5, 5.41) is 0. The standard InChI is InChI=1S/C16H22.2C5H5.3CH3.4ClH.2Zr/c1-9-7-15(13(5)11(9)3)16-8-10(2)12(4)14(16)6;2*1-2-4-5-3-1;;;;;;;;;/h7-8H2,1-6H3;2*1-3H,4H2;3*1H3;4*1H;;/q;5*-1;;;;;2*+2/p-4. The van der Waals surface area contributed by atoms with Gasteiger partial charge in [-0.2, -0.15) is 12.2 Å². The van der Waals surface area contributed by atoms with Crippen LogP contribution in [0.4, 0.5) is 0 Å². The van der Waals surface area contributed by atoms with Crippen molar-refractivity contribution >= 4 is 17.0 Å². The van der Waals surface area contributed by atoms with Crippen molar-refractivity contribution in [1.29, 1.82) is 0 Å². The van der Waals surface area contributed by atoms with Gasteiger partial charge in [0.05, 0.1) is 0 Å². The number of halogens is 4. The van der Waals surface area contributed by atoms with Gasteiger partial charge in [-0.05, 0) is 87.8 Å². The molecule has 0 bridgehead atoms. The second kappa shape index (κ2) is 27.9. The smallest absolute Gasteiger partial charge is 2.00 e. The summed E-state index contributed by atoms with van der Waals surface area (Å²) in [6.45, 7) is 13.6. The zero-order valence-electron chi connectivity index (χ0n) is 22.8. The van der Waals surface area contributed by atoms with Gasteiger partial charge in [0, 0.05) is 0 Å². The Morgan fingerprint density at radius 1 is 0.629 bits per heavy atom. The van der Waals surface area contributed by atoms with Crippen LogP contribution < -0.4 is 24.8 Å². The maximum absolute atomic E-state index is 4.93. The molecular weight excluding hydrogens is 673 g/mol. The molecule has 0 spiro atoms. The van der Waals surface area contributed by atoms with Crippen LogP contribution in [-0.2, 0) is 47.1 Å². The van der Waals surface area contributed by atoms with Crippen LogP contribution in [0.25, 0.3) is 0 Å². The first-order valence-electron chi connectivity index (χ1n) is 9.98. The maximum Gasteiger partial charge on any atom is 2.00 e. The van der Waals surface area contributed by atoms with E-state index in [0.29, 0.717) is 0 Å². The molecule has 0 aromatic heterocycles. The molecule has 0 radical (unpaired) electrons. The van der Waals surface area contributed by atoms with Crippen molar-refractivity contribution in [3.8, 4) is 0 Å². The van der Waals surface area contributed by atoms with Crippen LogP contribution in [0.2, 0.25) is 0 Å². The summed E-state index contributed by atoms with van der Waals surface area (Å²) in [6, 6.07) is 0. The van der Waals surface area contributed by atoms with E-state index in [1.165, 1.54) is 35.1 Å². The van der Waals surface area contributed by atoms with Gasteiger partial charge in [0.25, 0.3) is 0 Å². The van der Waals surface area contributed by atoms with E-state index >= 15 is 0 Å². The fourth-order valence-corrected chi connectivity index (χ4v) is 3.50. The Morgan fingerprint density at radius 2 is 0.914 bits per heavy atom. The zero-order valence-corrected chi connectivity index (χ0v) is 30.7. The van der Waals surface area contributed by atoms with E-state index in [1.54, 1.807) is 22.3 Å². The largest absolute Gasteiger partial charge is 2.00 e. The van der Waals surface area contributed by atoms with Crippen LogP contribution >= 0.6 is 17.0 Å². The van der Waals surface area contributed by atoms with Crippen molar-refractivity contribution in [3.05, 3.63) is 115 Å². The monoisotopic (exact) mass is 709 g/mol. The van der Waals surface area contributed by atoms with E-state index in [2.05, 4.69) is 65.8 Å². The summed E-state index contributed by atoms with van der Waals surface area (Å²) in [5.74, 6) is 0. The third-order valence-corrected chi connectivity index (χ3v) is 5.73. The zero-order chi connectivity index (χ0) is 21.8. The van der Waals surface area contributed by atoms with Crippen molar-refractivity contribution in [2.24, 2.45) is 0 Å². The molecule has 35 heavy (non-hydrogen) atoms. The van der Waals surface area contributed by atoms with Crippen LogP contribution in [-0.4, -0.2) is 0 Å². The van der Waals surface area contributed by atoms with Crippen LogP contribution in [0, 0.1) is 34.4 Å². The molecule has 4 aliphatic rings. The number of hydrogen-bond donors (Lipinski definition) is 0. The molecule has 0 N–H and O–H groups in total. The molecule has 0 amide bonds. The number of allylic oxidation sites excluding steroid dienone is 16. The topological polar surface area (TPSA) is 0 Å². The van der Waals surface area contributed by atoms with E-state index in [9.17, 15) is 0 Å². The first-order valence-corrected chi connectivity index (χ1v) is 16.3. The molecule has 0 heterocycles. The summed E-state index contributed by atoms with van der Waals surface area (Å²) in [6.07, 6.45) is 22.3. The molecule has 0 atom stereocenters. The molecule has 0 fully saturated rings. The second-order valence-electron chi connectivity index (χ2n) is 7.45. The molecular formula is C29H41Cl4Zr2-5. The molecule has 0 unspecified atom stereocenters. The quantitative estimate of drug-likeness (QED) is 0.353. The summed E-state index contributed by atoms with van der Waals surface area (Å²) < 4.78 is 0. The van der Waals surface area contributed by atoms with Gasteiger partial charge in [0.15, 0.2) is 0 Å². The molecule has 6 heteroatoms. The molecule has 4 rings (SSSR count). The Morgan fingerprint density at radius 3 is 1.03 bits per heavy atom. The van der Waals surface area contributed by atoms with Gasteiger partial charge in [0.2, 0.25) is 0 Å². The molecule has 4 aliphatic carbocycles. The van der Waals surface area contributed by atoms with Crippen LogP contribution in [0.15, 0.2) is 81.0 Å². The fraction of sp³-hybridized carbons (Fsp3) is 0.345. The first-order chi connectivity index (χ1) is 13.8. The normalized spacial score (nSPS) is 15.5. The van der Waals surface area contributed by atoms with Crippen molar-refractivity contribution < 1.29 is 71.9 Å². The minimum atomic E-state index is -0.826. The SMILES string of the molecule is CC1=C(C)C(C)=C(C2=C(C)C(C)=C(C)C2)C1.[C-]1=CC=CC1.[C-]1=CC=CC1.[CH3-].[CH3-].[CH3-].[Cl-].[Cl-].[Cl][Zr][Cl].[Zr+2]. The van der Waals surface area contributed by atoms with E-state index < -0.39 is 20.8 Å². The van der Waals surface area contributed by atoms with Crippen LogP contribution in [0.5, 0.6) is 0 Å². The molecule has 0 aromatic carbocycles. The summed E-state index contributed by atoms with van der Waals surface area (Å²) >= 11 is -0.826. The average Bonchev–Trinajstić information content (AvgIpc) is 3.50. The molecule has 198 valence electrons. The fourth-order valence-electron chi connectivity index (χ4n) is 3.50. The van der Waals surface area contributed by atoms with Crippen molar-refractivity contribution in [2.45, 2.75) is 67.2 Å². The van der Waals surface area contributed by atoms with E-state index in [4.69, 9.17) is 17.0 Å². The summed E-state index contributed by atoms with van der Waals surface area (Å²) in [5.41, 5.74) is 12.4. The first kappa shape index (κ1) is 48.9. The molecule has 0 nitrogen and oxygen atoms in total. The van der Waals surface area contributed by atoms with Crippen LogP contribution in [0.1, 0.15) is 67.2 Å². The van der Waals surface area contributed by atoms with E-state index in [-0.39, 0.29) is 73.3 Å². The third kappa shape index (κ3) is 17.1. The predicted octanol–water partition coefficient (Wildman–Crippen LogP) is 4.44. The predicted molar refractivity (Wildman–Crippen MR) is 145 cm³/mol. The Kier molecular flexibility index (Phi) is 38.9. The Balaban J connectivity index is -0.0000000936. The minimum absolute atomic E-state index is 0. The third-order valence-electron chi connectivity index (χ3n) is 5.73. The molecule has 0 saturated heterocycles. The van der Waals surface area contributed by atoms with E-state index in [1.807, 2.05) is 24.3 Å². The van der Waals surface area contributed by atoms with Gasteiger partial charge in [0.1, 0.15) is 0 Å². The van der Waals surface area contributed by atoms with Crippen molar-refractivity contribution in [3.63, 3.8) is 0 Å². The van der Waals surface area contributed by atoms with Crippen LogP contribution in [0.3, 0.4) is 0 Å². The van der Waals surface area contributed by atoms with Crippen molar-refractivity contribution in [2.75, 3.05) is 0 Å². The van der Waals surface area contributed by atoms with Gasteiger partial charge in [-0.1, -0.05) is 11.1 Å².